The summed E-state index contributed by atoms with van der Waals surface area (Å²) in [5, 5.41) is 0. The number of hydrogen-bond acceptors (Lipinski definition) is 1. The zero-order chi connectivity index (χ0) is 4.50. The van der Waals surface area contributed by atoms with Gasteiger partial charge in [-0.1, -0.05) is 0 Å². The van der Waals surface area contributed by atoms with E-state index in [1.807, 2.05) is 0 Å². The first-order valence-corrected chi connectivity index (χ1v) is 2.35. The molecule has 0 aliphatic carbocycles. The van der Waals surface area contributed by atoms with E-state index in [0.29, 0.717) is 0 Å². The van der Waals surface area contributed by atoms with Gasteiger partial charge in [0, 0.05) is 0 Å². The average Bonchev–Trinajstić information content (AvgIpc) is 0.722. The summed E-state index contributed by atoms with van der Waals surface area (Å²) in [5.74, 6) is 0. The fraction of sp³-hybridized carbons (Fsp3) is 0. The van der Waals surface area contributed by atoms with Gasteiger partial charge in [-0.15, -0.1) is 0 Å². The van der Waals surface area contributed by atoms with Gasteiger partial charge in [0.1, 0.15) is 0 Å². The maximum atomic E-state index is 8.88. The molecule has 0 radical (unpaired) electrons. The van der Waals surface area contributed by atoms with Crippen LogP contribution in [0.4, 0.5) is 0 Å². The van der Waals surface area contributed by atoms with Crippen LogP contribution in [0.25, 0.3) is 0 Å². The van der Waals surface area contributed by atoms with Crippen LogP contribution >= 0.6 is 7.82 Å². The van der Waals surface area contributed by atoms with Crippen molar-refractivity contribution in [3.63, 3.8) is 0 Å². The molecule has 0 saturated carbocycles. The first kappa shape index (κ1) is 87.8. The molecule has 0 fully saturated rings. The Balaban J connectivity index is -0.00000000286. The van der Waals surface area contributed by atoms with Crippen LogP contribution in [-0.2, 0) is 4.57 Å². The predicted molar refractivity (Wildman–Crippen MR) is 46.7 cm³/mol. The molecule has 0 aromatic carbocycles. The zero-order valence-corrected chi connectivity index (χ0v) is 6.59. The van der Waals surface area contributed by atoms with Gasteiger partial charge in [0.15, 0.2) is 0 Å². The molecule has 0 bridgehead atoms. The van der Waals surface area contributed by atoms with Gasteiger partial charge in [-0.2, -0.15) is 0 Å². The van der Waals surface area contributed by atoms with Crippen molar-refractivity contribution in [2.45, 2.75) is 0 Å². The van der Waals surface area contributed by atoms with Crippen molar-refractivity contribution in [2.24, 2.45) is 0 Å². The summed E-state index contributed by atoms with van der Waals surface area (Å²) in [7, 11) is -4.64. The third kappa shape index (κ3) is 823. The van der Waals surface area contributed by atoms with Crippen LogP contribution in [0.5, 0.6) is 0 Å². The van der Waals surface area contributed by atoms with E-state index >= 15 is 0 Å². The molecule has 0 rings (SSSR count). The van der Waals surface area contributed by atoms with Gasteiger partial charge < -0.3 is 53.0 Å². The van der Waals surface area contributed by atoms with Crippen LogP contribution in [0.15, 0.2) is 0 Å². The Bertz CT molecular complexity index is 56.2. The second-order valence-electron chi connectivity index (χ2n) is 0.513. The van der Waals surface area contributed by atoms with Crippen LogP contribution < -0.4 is 0 Å². The molecule has 17 N–H and O–H groups in total. The van der Waals surface area contributed by atoms with E-state index in [1.54, 1.807) is 0 Å². The summed E-state index contributed by atoms with van der Waals surface area (Å²) in [6.45, 7) is 0. The van der Waals surface area contributed by atoms with Crippen LogP contribution in [0.2, 0.25) is 0 Å². The molecule has 13 heavy (non-hydrogen) atoms. The first-order chi connectivity index (χ1) is 2.00. The molecule has 11 nitrogen and oxygen atoms in total. The monoisotopic (exact) mass is 264 g/mol. The summed E-state index contributed by atoms with van der Waals surface area (Å²) in [5.41, 5.74) is 0. The van der Waals surface area contributed by atoms with E-state index in [-0.39, 0.29) is 89.7 Å². The normalized spacial score (nSPS) is 4.54. The topological polar surface area (TPSA) is 298 Å². The van der Waals surface area contributed by atoms with E-state index in [1.165, 1.54) is 0 Å². The summed E-state index contributed by atoms with van der Waals surface area (Å²) >= 11 is 0. The molecule has 0 amide bonds. The molecular formula is H18KO11P. The van der Waals surface area contributed by atoms with Gasteiger partial charge in [-0.3, -0.25) is 0 Å². The second-order valence-corrected chi connectivity index (χ2v) is 1.54. The Labute approximate surface area is 116 Å². The molecule has 0 spiro atoms. The minimum atomic E-state index is -4.64. The van der Waals surface area contributed by atoms with Crippen molar-refractivity contribution in [3.8, 4) is 0 Å². The summed E-state index contributed by atoms with van der Waals surface area (Å²) in [4.78, 5) is 21.6. The van der Waals surface area contributed by atoms with E-state index in [9.17, 15) is 0 Å². The van der Waals surface area contributed by atoms with Crippen LogP contribution in [0.3, 0.4) is 0 Å². The minimum absolute atomic E-state index is 0. The zero-order valence-electron chi connectivity index (χ0n) is 5.70. The molecule has 13 heteroatoms. The van der Waals surface area contributed by atoms with Crippen molar-refractivity contribution < 1.29 is 57.6 Å². The summed E-state index contributed by atoms with van der Waals surface area (Å²) in [6, 6.07) is 0. The van der Waals surface area contributed by atoms with E-state index in [2.05, 4.69) is 0 Å². The molecule has 0 heterocycles. The quantitative estimate of drug-likeness (QED) is 0.283. The molecule has 0 aliphatic rings. The van der Waals surface area contributed by atoms with E-state index in [0.717, 1.165) is 0 Å². The van der Waals surface area contributed by atoms with Gasteiger partial charge in [0.25, 0.3) is 0 Å². The SMILES string of the molecule is O.O.O.O.O.O.O.O=P(O)(O)O.[KH]. The molecule has 0 aromatic heterocycles. The summed E-state index contributed by atoms with van der Waals surface area (Å²) < 4.78 is 8.88. The predicted octanol–water partition coefficient (Wildman–Crippen LogP) is -7.35. The van der Waals surface area contributed by atoms with Gasteiger partial charge >= 0.3 is 59.2 Å². The fourth-order valence-corrected chi connectivity index (χ4v) is 0. The van der Waals surface area contributed by atoms with Gasteiger partial charge in [-0.25, -0.2) is 4.57 Å². The van der Waals surface area contributed by atoms with Gasteiger partial charge in [-0.05, 0) is 0 Å². The van der Waals surface area contributed by atoms with Crippen molar-refractivity contribution in [1.29, 1.82) is 0 Å². The Hall–Kier alpha value is 1.47. The number of hydrogen-bond donors (Lipinski definition) is 3. The summed E-state index contributed by atoms with van der Waals surface area (Å²) in [6.07, 6.45) is 0. The number of phosphoric acid groups is 1. The van der Waals surface area contributed by atoms with Crippen LogP contribution in [0.1, 0.15) is 0 Å². The van der Waals surface area contributed by atoms with Gasteiger partial charge in [0.2, 0.25) is 0 Å². The van der Waals surface area contributed by atoms with Crippen molar-refractivity contribution in [2.75, 3.05) is 0 Å². The molecule has 0 unspecified atom stereocenters. The molecule has 0 saturated heterocycles. The Morgan fingerprint density at radius 1 is 0.615 bits per heavy atom. The van der Waals surface area contributed by atoms with Crippen LogP contribution in [0, 0.1) is 0 Å². The van der Waals surface area contributed by atoms with E-state index < -0.39 is 7.82 Å². The standard InChI is InChI=1S/K.H3O4P.7H2O.H/c;1-5(2,3)4;;;;;;;;/h;(H3,1,2,3,4);7*1H2;. The van der Waals surface area contributed by atoms with Crippen molar-refractivity contribution >= 4 is 59.2 Å². The van der Waals surface area contributed by atoms with Gasteiger partial charge in [0.05, 0.1) is 0 Å². The third-order valence-electron chi connectivity index (χ3n) is 0. The Morgan fingerprint density at radius 2 is 0.615 bits per heavy atom. The number of rotatable bonds is 0. The molecule has 0 aromatic rings. The molecule has 0 aliphatic heterocycles. The second kappa shape index (κ2) is 37.5. The van der Waals surface area contributed by atoms with Crippen molar-refractivity contribution in [1.82, 2.24) is 0 Å². The Kier molecular flexibility index (Phi) is 254. The van der Waals surface area contributed by atoms with E-state index in [4.69, 9.17) is 19.2 Å². The third-order valence-corrected chi connectivity index (χ3v) is 0. The van der Waals surface area contributed by atoms with Crippen molar-refractivity contribution in [3.05, 3.63) is 0 Å². The maximum absolute atomic E-state index is 8.88. The average molecular weight is 264 g/mol. The first-order valence-electron chi connectivity index (χ1n) is 0.783. The molecule has 90 valence electrons. The molecular weight excluding hydrogens is 246 g/mol. The fourth-order valence-electron chi connectivity index (χ4n) is 0. The molecule has 0 atom stereocenters. The van der Waals surface area contributed by atoms with Crippen LogP contribution in [-0.4, -0.2) is 104 Å². The Morgan fingerprint density at radius 3 is 0.615 bits per heavy atom.